The van der Waals surface area contributed by atoms with Crippen LogP contribution in [-0.4, -0.2) is 18.1 Å². The van der Waals surface area contributed by atoms with Crippen molar-refractivity contribution in [2.75, 3.05) is 7.11 Å². The van der Waals surface area contributed by atoms with Gasteiger partial charge >= 0.3 is 5.97 Å². The normalized spacial score (nSPS) is 13.3. The van der Waals surface area contributed by atoms with E-state index in [1.807, 2.05) is 25.1 Å². The number of rotatable bonds is 3. The summed E-state index contributed by atoms with van der Waals surface area (Å²) in [7, 11) is 1.36. The third-order valence-corrected chi connectivity index (χ3v) is 2.72. The zero-order valence-corrected chi connectivity index (χ0v) is 10.2. The van der Waals surface area contributed by atoms with Crippen LogP contribution in [0.1, 0.15) is 31.3 Å². The van der Waals surface area contributed by atoms with E-state index in [-0.39, 0.29) is 5.97 Å². The van der Waals surface area contributed by atoms with Gasteiger partial charge in [-0.15, -0.1) is 0 Å². The molecule has 0 aliphatic carbocycles. The maximum atomic E-state index is 11.6. The van der Waals surface area contributed by atoms with Gasteiger partial charge < -0.3 is 10.5 Å². The first-order chi connectivity index (χ1) is 7.39. The van der Waals surface area contributed by atoms with E-state index >= 15 is 0 Å². The Balaban J connectivity index is 3.01. The molecule has 0 unspecified atom stereocenters. The fourth-order valence-electron chi connectivity index (χ4n) is 1.50. The van der Waals surface area contributed by atoms with Gasteiger partial charge in [-0.05, 0) is 32.9 Å². The molecule has 0 spiro atoms. The second kappa shape index (κ2) is 4.61. The van der Waals surface area contributed by atoms with E-state index in [1.165, 1.54) is 7.11 Å². The minimum Gasteiger partial charge on any atom is -0.469 e. The van der Waals surface area contributed by atoms with E-state index in [0.29, 0.717) is 5.69 Å². The van der Waals surface area contributed by atoms with Gasteiger partial charge in [0.1, 0.15) is 0 Å². The molecule has 0 aliphatic rings. The molecule has 88 valence electrons. The molecule has 0 saturated carbocycles. The lowest BCUT2D eigenvalue weighted by atomic mass is 9.83. The van der Waals surface area contributed by atoms with Crippen LogP contribution in [0.15, 0.2) is 18.2 Å². The predicted octanol–water partition coefficient (Wildman–Crippen LogP) is 1.59. The van der Waals surface area contributed by atoms with Gasteiger partial charge in [0.15, 0.2) is 0 Å². The summed E-state index contributed by atoms with van der Waals surface area (Å²) in [4.78, 5) is 15.9. The van der Waals surface area contributed by atoms with Crippen LogP contribution in [0.25, 0.3) is 0 Å². The molecule has 1 rings (SSSR count). The lowest BCUT2D eigenvalue weighted by molar-refractivity contribution is -0.152. The Kier molecular flexibility index (Phi) is 3.65. The monoisotopic (exact) mass is 222 g/mol. The van der Waals surface area contributed by atoms with Crippen molar-refractivity contribution in [1.82, 2.24) is 4.98 Å². The van der Waals surface area contributed by atoms with Crippen LogP contribution < -0.4 is 5.73 Å². The summed E-state index contributed by atoms with van der Waals surface area (Å²) < 4.78 is 4.74. The molecule has 4 heteroatoms. The van der Waals surface area contributed by atoms with Crippen LogP contribution in [0.5, 0.6) is 0 Å². The number of hydrogen-bond acceptors (Lipinski definition) is 4. The summed E-state index contributed by atoms with van der Waals surface area (Å²) in [5.74, 6) is -0.330. The number of carbonyl (C=O) groups excluding carboxylic acids is 1. The average Bonchev–Trinajstić information content (AvgIpc) is 2.26. The number of esters is 1. The van der Waals surface area contributed by atoms with Gasteiger partial charge in [-0.3, -0.25) is 9.78 Å². The Morgan fingerprint density at radius 2 is 2.12 bits per heavy atom. The molecule has 1 aromatic heterocycles. The molecule has 0 saturated heterocycles. The number of nitrogens with zero attached hydrogens (tertiary/aromatic N) is 1. The lowest BCUT2D eigenvalue weighted by Crippen LogP contribution is -2.37. The highest BCUT2D eigenvalue weighted by molar-refractivity contribution is 5.76. The van der Waals surface area contributed by atoms with Gasteiger partial charge in [0.25, 0.3) is 0 Å². The number of methoxy groups -OCH3 is 1. The molecule has 4 nitrogen and oxygen atoms in total. The number of aryl methyl sites for hydroxylation is 1. The Bertz CT molecular complexity index is 388. The quantitative estimate of drug-likeness (QED) is 0.789. The van der Waals surface area contributed by atoms with Crippen molar-refractivity contribution >= 4 is 5.97 Å². The Morgan fingerprint density at radius 1 is 1.50 bits per heavy atom. The lowest BCUT2D eigenvalue weighted by Gasteiger charge is -2.28. The van der Waals surface area contributed by atoms with Crippen LogP contribution >= 0.6 is 0 Å². The molecule has 1 heterocycles. The van der Waals surface area contributed by atoms with E-state index in [4.69, 9.17) is 10.5 Å². The Hall–Kier alpha value is -1.42. The number of carbonyl (C=O) groups is 1. The van der Waals surface area contributed by atoms with Gasteiger partial charge in [-0.2, -0.15) is 0 Å². The van der Waals surface area contributed by atoms with E-state index in [1.54, 1.807) is 13.8 Å². The maximum Gasteiger partial charge on any atom is 0.313 e. The molecule has 0 bridgehead atoms. The van der Waals surface area contributed by atoms with E-state index in [9.17, 15) is 4.79 Å². The van der Waals surface area contributed by atoms with Gasteiger partial charge in [-0.25, -0.2) is 0 Å². The summed E-state index contributed by atoms with van der Waals surface area (Å²) in [6, 6.07) is 5.12. The van der Waals surface area contributed by atoms with Crippen LogP contribution in [0.2, 0.25) is 0 Å². The Labute approximate surface area is 95.8 Å². The number of pyridine rings is 1. The number of nitrogens with two attached hydrogens (primary N) is 1. The highest BCUT2D eigenvalue weighted by Gasteiger charge is 2.37. The average molecular weight is 222 g/mol. The van der Waals surface area contributed by atoms with Crippen LogP contribution in [0, 0.1) is 12.3 Å². The third kappa shape index (κ3) is 2.39. The molecule has 0 fully saturated rings. The van der Waals surface area contributed by atoms with E-state index in [0.717, 1.165) is 5.69 Å². The predicted molar refractivity (Wildman–Crippen MR) is 61.7 cm³/mol. The topological polar surface area (TPSA) is 65.2 Å². The minimum atomic E-state index is -0.782. The fourth-order valence-corrected chi connectivity index (χ4v) is 1.50. The third-order valence-electron chi connectivity index (χ3n) is 2.72. The SMILES string of the molecule is COC(=O)C(C)(C)[C@@H](N)c1cccc(C)n1. The van der Waals surface area contributed by atoms with Crippen LogP contribution in [0.4, 0.5) is 0 Å². The van der Waals surface area contributed by atoms with Crippen LogP contribution in [-0.2, 0) is 9.53 Å². The van der Waals surface area contributed by atoms with Crippen molar-refractivity contribution in [3.63, 3.8) is 0 Å². The van der Waals surface area contributed by atoms with Gasteiger partial charge in [0, 0.05) is 5.69 Å². The second-order valence-corrected chi connectivity index (χ2v) is 4.39. The molecule has 1 aromatic rings. The highest BCUT2D eigenvalue weighted by atomic mass is 16.5. The van der Waals surface area contributed by atoms with Crippen molar-refractivity contribution in [2.24, 2.45) is 11.1 Å². The Morgan fingerprint density at radius 3 is 2.62 bits per heavy atom. The van der Waals surface area contributed by atoms with Crippen molar-refractivity contribution in [2.45, 2.75) is 26.8 Å². The van der Waals surface area contributed by atoms with Gasteiger partial charge in [0.05, 0.1) is 24.3 Å². The molecule has 0 aromatic carbocycles. The number of aromatic nitrogens is 1. The fraction of sp³-hybridized carbons (Fsp3) is 0.500. The molecular weight excluding hydrogens is 204 g/mol. The van der Waals surface area contributed by atoms with Crippen LogP contribution in [0.3, 0.4) is 0 Å². The number of ether oxygens (including phenoxy) is 1. The smallest absolute Gasteiger partial charge is 0.313 e. The van der Waals surface area contributed by atoms with E-state index < -0.39 is 11.5 Å². The molecule has 1 atom stereocenters. The molecule has 0 aliphatic heterocycles. The standard InChI is InChI=1S/C12H18N2O2/c1-8-6-5-7-9(14-8)10(13)12(2,3)11(15)16-4/h5-7,10H,13H2,1-4H3/t10-/m0/s1. The van der Waals surface area contributed by atoms with Crippen molar-refractivity contribution in [3.05, 3.63) is 29.6 Å². The largest absolute Gasteiger partial charge is 0.469 e. The first kappa shape index (κ1) is 12.6. The van der Waals surface area contributed by atoms with E-state index in [2.05, 4.69) is 4.98 Å². The van der Waals surface area contributed by atoms with Crippen molar-refractivity contribution < 1.29 is 9.53 Å². The zero-order valence-electron chi connectivity index (χ0n) is 10.2. The highest BCUT2D eigenvalue weighted by Crippen LogP contribution is 2.31. The van der Waals surface area contributed by atoms with Gasteiger partial charge in [0.2, 0.25) is 0 Å². The first-order valence-electron chi connectivity index (χ1n) is 5.17. The summed E-state index contributed by atoms with van der Waals surface area (Å²) in [5.41, 5.74) is 6.86. The van der Waals surface area contributed by atoms with Crippen molar-refractivity contribution in [1.29, 1.82) is 0 Å². The molecule has 0 radical (unpaired) electrons. The molecule has 2 N–H and O–H groups in total. The van der Waals surface area contributed by atoms with Crippen molar-refractivity contribution in [3.8, 4) is 0 Å². The summed E-state index contributed by atoms with van der Waals surface area (Å²) in [6.07, 6.45) is 0. The minimum absolute atomic E-state index is 0.330. The van der Waals surface area contributed by atoms with Gasteiger partial charge in [-0.1, -0.05) is 6.07 Å². The summed E-state index contributed by atoms with van der Waals surface area (Å²) in [6.45, 7) is 5.41. The zero-order chi connectivity index (χ0) is 12.3. The summed E-state index contributed by atoms with van der Waals surface area (Å²) >= 11 is 0. The molecule has 16 heavy (non-hydrogen) atoms. The maximum absolute atomic E-state index is 11.6. The molecular formula is C12H18N2O2. The summed E-state index contributed by atoms with van der Waals surface area (Å²) in [5, 5.41) is 0. The molecule has 0 amide bonds. The second-order valence-electron chi connectivity index (χ2n) is 4.39. The number of hydrogen-bond donors (Lipinski definition) is 1. The first-order valence-corrected chi connectivity index (χ1v) is 5.17.